The Kier molecular flexibility index (Phi) is 6.98. The van der Waals surface area contributed by atoms with Gasteiger partial charge in [-0.1, -0.05) is 6.42 Å². The molecule has 2 unspecified atom stereocenters. The van der Waals surface area contributed by atoms with Gasteiger partial charge in [-0.2, -0.15) is 0 Å². The Morgan fingerprint density at radius 1 is 1.00 bits per heavy atom. The van der Waals surface area contributed by atoms with Crippen molar-refractivity contribution in [3.8, 4) is 0 Å². The molecule has 0 saturated carbocycles. The van der Waals surface area contributed by atoms with Crippen LogP contribution in [0.5, 0.6) is 0 Å². The molecule has 2 amide bonds. The molecule has 2 fully saturated rings. The van der Waals surface area contributed by atoms with Crippen molar-refractivity contribution in [2.45, 2.75) is 52.0 Å². The van der Waals surface area contributed by atoms with Crippen molar-refractivity contribution in [1.29, 1.82) is 0 Å². The highest BCUT2D eigenvalue weighted by molar-refractivity contribution is 6.05. The third-order valence-electron chi connectivity index (χ3n) is 7.25. The van der Waals surface area contributed by atoms with Gasteiger partial charge in [-0.15, -0.1) is 0 Å². The Hall–Kier alpha value is -2.93. The highest BCUT2D eigenvalue weighted by atomic mass is 16.2. The largest absolute Gasteiger partial charge is 0.352 e. The summed E-state index contributed by atoms with van der Waals surface area (Å²) >= 11 is 0. The quantitative estimate of drug-likeness (QED) is 0.733. The Balaban J connectivity index is 1.36. The van der Waals surface area contributed by atoms with Gasteiger partial charge in [0.05, 0.1) is 0 Å². The standard InChI is InChI=1S/C26H34N4O3/c1-17-15-18(2)29(3)26(33)23(17)25(32)28-21-11-9-19(10-12-21)24(31)27-16-20-7-6-14-30-13-5-4-8-22(20)30/h9-12,15,20,22H,4-8,13-14,16H2,1-3H3,(H,27,31)(H,28,32). The van der Waals surface area contributed by atoms with Crippen molar-refractivity contribution in [1.82, 2.24) is 14.8 Å². The molecule has 2 aliphatic heterocycles. The number of nitrogens with one attached hydrogen (secondary N) is 2. The van der Waals surface area contributed by atoms with Gasteiger partial charge in [0.1, 0.15) is 5.56 Å². The van der Waals surface area contributed by atoms with Crippen LogP contribution in [-0.4, -0.2) is 47.0 Å². The van der Waals surface area contributed by atoms with Crippen molar-refractivity contribution in [3.05, 3.63) is 63.1 Å². The fourth-order valence-electron chi connectivity index (χ4n) is 5.29. The van der Waals surface area contributed by atoms with Crippen LogP contribution in [0.25, 0.3) is 0 Å². The highest BCUT2D eigenvalue weighted by Crippen LogP contribution is 2.30. The predicted octanol–water partition coefficient (Wildman–Crippen LogP) is 3.25. The second kappa shape index (κ2) is 9.91. The SMILES string of the molecule is Cc1cc(C)n(C)c(=O)c1C(=O)Nc1ccc(C(=O)NCC2CCCN3CCCCC23)cc1. The third-order valence-corrected chi connectivity index (χ3v) is 7.25. The molecule has 0 bridgehead atoms. The zero-order chi connectivity index (χ0) is 23.5. The van der Waals surface area contributed by atoms with Gasteiger partial charge in [0, 0.05) is 36.6 Å². The number of fused-ring (bicyclic) bond motifs is 1. The molecule has 2 atom stereocenters. The van der Waals surface area contributed by atoms with E-state index in [0.29, 0.717) is 35.3 Å². The molecule has 1 aromatic heterocycles. The molecule has 2 aliphatic rings. The van der Waals surface area contributed by atoms with Gasteiger partial charge in [0.25, 0.3) is 17.4 Å². The molecule has 0 spiro atoms. The van der Waals surface area contributed by atoms with Gasteiger partial charge in [0.15, 0.2) is 0 Å². The minimum atomic E-state index is -0.445. The number of carbonyl (C=O) groups excluding carboxylic acids is 2. The molecule has 1 aromatic carbocycles. The molecule has 0 radical (unpaired) electrons. The summed E-state index contributed by atoms with van der Waals surface area (Å²) < 4.78 is 1.47. The first kappa shape index (κ1) is 23.2. The molecule has 2 aromatic rings. The number of nitrogens with zero attached hydrogens (tertiary/aromatic N) is 2. The van der Waals surface area contributed by atoms with Gasteiger partial charge in [0.2, 0.25) is 0 Å². The monoisotopic (exact) mass is 450 g/mol. The summed E-state index contributed by atoms with van der Waals surface area (Å²) in [6.45, 7) is 6.68. The summed E-state index contributed by atoms with van der Waals surface area (Å²) in [6, 6.07) is 9.23. The lowest BCUT2D eigenvalue weighted by molar-refractivity contribution is 0.0575. The van der Waals surface area contributed by atoms with Crippen molar-refractivity contribution in [2.75, 3.05) is 25.0 Å². The number of aryl methyl sites for hydroxylation is 2. The summed E-state index contributed by atoms with van der Waals surface area (Å²) in [5, 5.41) is 5.90. The van der Waals surface area contributed by atoms with Crippen LogP contribution in [0.3, 0.4) is 0 Å². The molecule has 3 heterocycles. The number of rotatable bonds is 5. The first-order chi connectivity index (χ1) is 15.8. The molecule has 33 heavy (non-hydrogen) atoms. The zero-order valence-corrected chi connectivity index (χ0v) is 19.8. The third kappa shape index (κ3) is 5.03. The van der Waals surface area contributed by atoms with Crippen molar-refractivity contribution in [2.24, 2.45) is 13.0 Å². The van der Waals surface area contributed by atoms with E-state index in [4.69, 9.17) is 0 Å². The van der Waals surface area contributed by atoms with Gasteiger partial charge in [-0.3, -0.25) is 14.4 Å². The molecule has 4 rings (SSSR count). The molecule has 0 aliphatic carbocycles. The second-order valence-corrected chi connectivity index (χ2v) is 9.45. The van der Waals surface area contributed by atoms with Gasteiger partial charge < -0.3 is 20.1 Å². The lowest BCUT2D eigenvalue weighted by atomic mass is 9.83. The van der Waals surface area contributed by atoms with E-state index >= 15 is 0 Å². The summed E-state index contributed by atoms with van der Waals surface area (Å²) in [4.78, 5) is 40.6. The summed E-state index contributed by atoms with van der Waals surface area (Å²) in [5.41, 5.74) is 2.36. The molecule has 7 heteroatoms. The fourth-order valence-corrected chi connectivity index (χ4v) is 5.29. The Labute approximate surface area is 195 Å². The van der Waals surface area contributed by atoms with Crippen LogP contribution >= 0.6 is 0 Å². The average Bonchev–Trinajstić information content (AvgIpc) is 2.81. The fraction of sp³-hybridized carbons (Fsp3) is 0.500. The van der Waals surface area contributed by atoms with Crippen LogP contribution in [-0.2, 0) is 7.05 Å². The van der Waals surface area contributed by atoms with Crippen LogP contribution < -0.4 is 16.2 Å². The van der Waals surface area contributed by atoms with E-state index in [1.165, 1.54) is 49.8 Å². The maximum absolute atomic E-state index is 12.7. The highest BCUT2D eigenvalue weighted by Gasteiger charge is 2.33. The number of hydrogen-bond donors (Lipinski definition) is 2. The Morgan fingerprint density at radius 2 is 1.73 bits per heavy atom. The van der Waals surface area contributed by atoms with Crippen LogP contribution in [0, 0.1) is 19.8 Å². The van der Waals surface area contributed by atoms with E-state index < -0.39 is 5.91 Å². The maximum atomic E-state index is 12.7. The minimum absolute atomic E-state index is 0.0935. The summed E-state index contributed by atoms with van der Waals surface area (Å²) in [6.07, 6.45) is 6.18. The van der Waals surface area contributed by atoms with Gasteiger partial charge >= 0.3 is 0 Å². The van der Waals surface area contributed by atoms with Crippen molar-refractivity contribution < 1.29 is 9.59 Å². The van der Waals surface area contributed by atoms with E-state index in [-0.39, 0.29) is 17.0 Å². The first-order valence-corrected chi connectivity index (χ1v) is 12.0. The number of aromatic nitrogens is 1. The van der Waals surface area contributed by atoms with Crippen LogP contribution in [0.1, 0.15) is 64.1 Å². The number of anilines is 1. The smallest absolute Gasteiger partial charge is 0.263 e. The van der Waals surface area contributed by atoms with E-state index in [1.54, 1.807) is 38.2 Å². The lowest BCUT2D eigenvalue weighted by Gasteiger charge is -2.44. The lowest BCUT2D eigenvalue weighted by Crippen LogP contribution is -2.51. The molecular weight excluding hydrogens is 416 g/mol. The van der Waals surface area contributed by atoms with E-state index in [9.17, 15) is 14.4 Å². The first-order valence-electron chi connectivity index (χ1n) is 12.0. The second-order valence-electron chi connectivity index (χ2n) is 9.45. The number of hydrogen-bond acceptors (Lipinski definition) is 4. The molecule has 2 N–H and O–H groups in total. The number of benzene rings is 1. The van der Waals surface area contributed by atoms with Crippen molar-refractivity contribution >= 4 is 17.5 Å². The number of amides is 2. The van der Waals surface area contributed by atoms with Crippen LogP contribution in [0.15, 0.2) is 35.1 Å². The van der Waals surface area contributed by atoms with Gasteiger partial charge in [-0.05, 0) is 94.4 Å². The average molecular weight is 451 g/mol. The molecule has 176 valence electrons. The topological polar surface area (TPSA) is 83.4 Å². The minimum Gasteiger partial charge on any atom is -0.352 e. The van der Waals surface area contributed by atoms with Crippen LogP contribution in [0.4, 0.5) is 5.69 Å². The van der Waals surface area contributed by atoms with E-state index in [1.807, 2.05) is 13.0 Å². The van der Waals surface area contributed by atoms with Gasteiger partial charge in [-0.25, -0.2) is 0 Å². The number of carbonyl (C=O) groups is 2. The number of piperidine rings is 2. The van der Waals surface area contributed by atoms with E-state index in [0.717, 1.165) is 5.69 Å². The molecule has 7 nitrogen and oxygen atoms in total. The zero-order valence-electron chi connectivity index (χ0n) is 19.8. The Morgan fingerprint density at radius 3 is 2.48 bits per heavy atom. The summed E-state index contributed by atoms with van der Waals surface area (Å²) in [5.74, 6) is -0.0226. The Bertz CT molecular complexity index is 1090. The normalized spacial score (nSPS) is 20.7. The predicted molar refractivity (Wildman–Crippen MR) is 130 cm³/mol. The van der Waals surface area contributed by atoms with E-state index in [2.05, 4.69) is 15.5 Å². The number of pyridine rings is 1. The van der Waals surface area contributed by atoms with Crippen LogP contribution in [0.2, 0.25) is 0 Å². The maximum Gasteiger partial charge on any atom is 0.263 e. The van der Waals surface area contributed by atoms with Crippen molar-refractivity contribution in [3.63, 3.8) is 0 Å². The molecular formula is C26H34N4O3. The summed E-state index contributed by atoms with van der Waals surface area (Å²) in [7, 11) is 1.65. The molecule has 2 saturated heterocycles.